The second-order valence-corrected chi connectivity index (χ2v) is 5.80. The molecular weight excluding hydrogens is 349 g/mol. The van der Waals surface area contributed by atoms with Crippen LogP contribution in [0.4, 0.5) is 13.2 Å². The monoisotopic (exact) mass is 366 g/mol. The van der Waals surface area contributed by atoms with E-state index in [0.717, 1.165) is 18.6 Å². The minimum absolute atomic E-state index is 0.0315. The van der Waals surface area contributed by atoms with Crippen molar-refractivity contribution in [2.75, 3.05) is 6.54 Å². The van der Waals surface area contributed by atoms with Gasteiger partial charge in [0.1, 0.15) is 12.0 Å². The number of carbonyl (C=O) groups excluding carboxylic acids is 1. The predicted molar refractivity (Wildman–Crippen MR) is 86.5 cm³/mol. The summed E-state index contributed by atoms with van der Waals surface area (Å²) in [5.41, 5.74) is -0.653. The Morgan fingerprint density at radius 2 is 2.23 bits per heavy atom. The Hall–Kier alpha value is -2.77. The third-order valence-electron chi connectivity index (χ3n) is 4.03. The van der Waals surface area contributed by atoms with Gasteiger partial charge in [0.15, 0.2) is 12.3 Å². The van der Waals surface area contributed by atoms with Crippen molar-refractivity contribution < 1.29 is 27.1 Å². The molecule has 0 bridgehead atoms. The molecule has 26 heavy (non-hydrogen) atoms. The summed E-state index contributed by atoms with van der Waals surface area (Å²) >= 11 is 0. The molecule has 2 aromatic rings. The number of rotatable bonds is 5. The molecule has 0 spiro atoms. The number of benzene rings is 1. The maximum absolute atomic E-state index is 12.7. The Morgan fingerprint density at radius 3 is 2.96 bits per heavy atom. The van der Waals surface area contributed by atoms with E-state index in [4.69, 9.17) is 9.15 Å². The third kappa shape index (κ3) is 3.89. The molecule has 2 heterocycles. The van der Waals surface area contributed by atoms with Crippen molar-refractivity contribution >= 4 is 5.91 Å². The van der Waals surface area contributed by atoms with Crippen molar-refractivity contribution in [1.29, 1.82) is 0 Å². The lowest BCUT2D eigenvalue weighted by Crippen LogP contribution is -2.35. The van der Waals surface area contributed by atoms with Gasteiger partial charge in [-0.1, -0.05) is 25.1 Å². The summed E-state index contributed by atoms with van der Waals surface area (Å²) in [6.07, 6.45) is 1.48. The average molecular weight is 366 g/mol. The molecule has 1 aliphatic heterocycles. The van der Waals surface area contributed by atoms with E-state index in [-0.39, 0.29) is 35.9 Å². The molecule has 3 rings (SSSR count). The smallest absolute Gasteiger partial charge is 0.416 e. The summed E-state index contributed by atoms with van der Waals surface area (Å²) in [6.45, 7) is 2.32. The Kier molecular flexibility index (Phi) is 5.01. The van der Waals surface area contributed by atoms with Crippen LogP contribution in [0.25, 0.3) is 0 Å². The number of amides is 1. The van der Waals surface area contributed by atoms with Crippen LogP contribution in [0.5, 0.6) is 5.75 Å². The number of alkyl halides is 3. The van der Waals surface area contributed by atoms with Gasteiger partial charge in [-0.2, -0.15) is 13.2 Å². The number of hydrogen-bond acceptors (Lipinski definition) is 4. The molecule has 0 saturated carbocycles. The van der Waals surface area contributed by atoms with Crippen LogP contribution in [0, 0.1) is 0 Å². The van der Waals surface area contributed by atoms with Gasteiger partial charge in [-0.15, -0.1) is 0 Å². The molecule has 0 fully saturated rings. The minimum Gasteiger partial charge on any atom is -0.484 e. The summed E-state index contributed by atoms with van der Waals surface area (Å²) in [7, 11) is 0. The molecule has 1 aliphatic rings. The molecule has 1 unspecified atom stereocenters. The maximum Gasteiger partial charge on any atom is 0.416 e. The van der Waals surface area contributed by atoms with E-state index in [0.29, 0.717) is 6.54 Å². The SMILES string of the molecule is CCC1C=CCN1C(=O)c1coc(COc2cccc(C(F)(F)F)c2)n1. The van der Waals surface area contributed by atoms with Crippen LogP contribution in [0.2, 0.25) is 0 Å². The molecule has 1 atom stereocenters. The first-order chi connectivity index (χ1) is 12.4. The lowest BCUT2D eigenvalue weighted by Gasteiger charge is -2.22. The number of nitrogens with zero attached hydrogens (tertiary/aromatic N) is 2. The van der Waals surface area contributed by atoms with Crippen LogP contribution < -0.4 is 4.74 Å². The van der Waals surface area contributed by atoms with E-state index >= 15 is 0 Å². The summed E-state index contributed by atoms with van der Waals surface area (Å²) in [5.74, 6) is -0.0948. The fourth-order valence-corrected chi connectivity index (χ4v) is 2.69. The van der Waals surface area contributed by atoms with Crippen molar-refractivity contribution in [3.8, 4) is 5.75 Å². The minimum atomic E-state index is -4.44. The van der Waals surface area contributed by atoms with Gasteiger partial charge in [-0.05, 0) is 24.6 Å². The number of aromatic nitrogens is 1. The van der Waals surface area contributed by atoms with E-state index < -0.39 is 11.7 Å². The van der Waals surface area contributed by atoms with Crippen LogP contribution in [0.3, 0.4) is 0 Å². The van der Waals surface area contributed by atoms with E-state index in [2.05, 4.69) is 4.98 Å². The van der Waals surface area contributed by atoms with Gasteiger partial charge in [0, 0.05) is 6.54 Å². The van der Waals surface area contributed by atoms with E-state index in [9.17, 15) is 18.0 Å². The van der Waals surface area contributed by atoms with Crippen LogP contribution in [-0.4, -0.2) is 28.4 Å². The van der Waals surface area contributed by atoms with Crippen LogP contribution in [-0.2, 0) is 12.8 Å². The van der Waals surface area contributed by atoms with Gasteiger partial charge < -0.3 is 14.1 Å². The molecule has 0 N–H and O–H groups in total. The van der Waals surface area contributed by atoms with Crippen molar-refractivity contribution in [2.24, 2.45) is 0 Å². The van der Waals surface area contributed by atoms with Crippen molar-refractivity contribution in [2.45, 2.75) is 32.2 Å². The number of carbonyl (C=O) groups is 1. The molecule has 0 radical (unpaired) electrons. The molecule has 0 saturated heterocycles. The normalized spacial score (nSPS) is 16.9. The standard InChI is InChI=1S/C18H17F3N2O3/c1-2-13-6-4-8-23(13)17(24)15-10-26-16(22-15)11-25-14-7-3-5-12(9-14)18(19,20)21/h3-7,9-10,13H,2,8,11H2,1H3. The van der Waals surface area contributed by atoms with Crippen LogP contribution in [0.15, 0.2) is 47.1 Å². The van der Waals surface area contributed by atoms with E-state index in [1.54, 1.807) is 4.90 Å². The highest BCUT2D eigenvalue weighted by Gasteiger charge is 2.30. The zero-order valence-electron chi connectivity index (χ0n) is 14.0. The number of halogens is 3. The quantitative estimate of drug-likeness (QED) is 0.749. The second kappa shape index (κ2) is 7.23. The molecule has 138 valence electrons. The molecule has 8 heteroatoms. The Balaban J connectivity index is 1.63. The first kappa shape index (κ1) is 18.0. The van der Waals surface area contributed by atoms with Gasteiger partial charge in [0.05, 0.1) is 11.6 Å². The van der Waals surface area contributed by atoms with Crippen LogP contribution in [0.1, 0.15) is 35.3 Å². The summed E-state index contributed by atoms with van der Waals surface area (Å²) in [6, 6.07) is 4.56. The number of hydrogen-bond donors (Lipinski definition) is 0. The Bertz CT molecular complexity index is 814. The number of ether oxygens (including phenoxy) is 1. The largest absolute Gasteiger partial charge is 0.484 e. The molecular formula is C18H17F3N2O3. The first-order valence-corrected chi connectivity index (χ1v) is 8.10. The molecule has 5 nitrogen and oxygen atoms in total. The van der Waals surface area contributed by atoms with Crippen LogP contribution >= 0.6 is 0 Å². The highest BCUT2D eigenvalue weighted by molar-refractivity contribution is 5.92. The van der Waals surface area contributed by atoms with Crippen molar-refractivity contribution in [3.63, 3.8) is 0 Å². The van der Waals surface area contributed by atoms with Gasteiger partial charge in [-0.25, -0.2) is 4.98 Å². The van der Waals surface area contributed by atoms with Crippen molar-refractivity contribution in [3.05, 3.63) is 59.8 Å². The lowest BCUT2D eigenvalue weighted by atomic mass is 10.2. The average Bonchev–Trinajstić information content (AvgIpc) is 3.28. The lowest BCUT2D eigenvalue weighted by molar-refractivity contribution is -0.137. The summed E-state index contributed by atoms with van der Waals surface area (Å²) in [4.78, 5) is 18.2. The second-order valence-electron chi connectivity index (χ2n) is 5.80. The fraction of sp³-hybridized carbons (Fsp3) is 0.333. The van der Waals surface area contributed by atoms with Gasteiger partial charge in [0.25, 0.3) is 5.91 Å². The Morgan fingerprint density at radius 1 is 1.42 bits per heavy atom. The zero-order valence-corrected chi connectivity index (χ0v) is 14.0. The number of oxazole rings is 1. The van der Waals surface area contributed by atoms with Gasteiger partial charge in [-0.3, -0.25) is 4.79 Å². The Labute approximate surface area is 148 Å². The predicted octanol–water partition coefficient (Wildman–Crippen LogP) is 4.06. The molecule has 1 amide bonds. The summed E-state index contributed by atoms with van der Waals surface area (Å²) < 4.78 is 48.6. The maximum atomic E-state index is 12.7. The summed E-state index contributed by atoms with van der Waals surface area (Å²) in [5, 5.41) is 0. The van der Waals surface area contributed by atoms with Gasteiger partial charge >= 0.3 is 6.18 Å². The highest BCUT2D eigenvalue weighted by atomic mass is 19.4. The topological polar surface area (TPSA) is 55.6 Å². The molecule has 0 aliphatic carbocycles. The van der Waals surface area contributed by atoms with Gasteiger partial charge in [0.2, 0.25) is 5.89 Å². The third-order valence-corrected chi connectivity index (χ3v) is 4.03. The first-order valence-electron chi connectivity index (χ1n) is 8.10. The fourth-order valence-electron chi connectivity index (χ4n) is 2.69. The molecule has 1 aromatic carbocycles. The zero-order chi connectivity index (χ0) is 18.7. The highest BCUT2D eigenvalue weighted by Crippen LogP contribution is 2.31. The van der Waals surface area contributed by atoms with Crippen molar-refractivity contribution in [1.82, 2.24) is 9.88 Å². The van der Waals surface area contributed by atoms with E-state index in [1.165, 1.54) is 18.4 Å². The van der Waals surface area contributed by atoms with E-state index in [1.807, 2.05) is 19.1 Å². The molecule has 1 aromatic heterocycles.